The van der Waals surface area contributed by atoms with Crippen LogP contribution < -0.4 is 9.30 Å². The third kappa shape index (κ3) is 3.82. The first-order chi connectivity index (χ1) is 12.1. The van der Waals surface area contributed by atoms with Crippen LogP contribution in [0.25, 0.3) is 11.0 Å². The van der Waals surface area contributed by atoms with Crippen LogP contribution in [0.3, 0.4) is 0 Å². The molecule has 1 atom stereocenters. The maximum absolute atomic E-state index is 12.9. The molecule has 1 unspecified atom stereocenters. The Morgan fingerprint density at radius 1 is 1.16 bits per heavy atom. The molecule has 3 rings (SSSR count). The number of halogens is 1. The number of benzene rings is 2. The van der Waals surface area contributed by atoms with Gasteiger partial charge in [0.25, 0.3) is 5.82 Å². The van der Waals surface area contributed by atoms with Crippen molar-refractivity contribution in [1.82, 2.24) is 4.57 Å². The second-order valence-corrected chi connectivity index (χ2v) is 6.24. The fourth-order valence-corrected chi connectivity index (χ4v) is 3.15. The van der Waals surface area contributed by atoms with Crippen LogP contribution in [-0.4, -0.2) is 22.4 Å². The van der Waals surface area contributed by atoms with Crippen LogP contribution in [0.4, 0.5) is 4.39 Å². The van der Waals surface area contributed by atoms with Crippen LogP contribution in [0.1, 0.15) is 19.2 Å². The number of aliphatic hydroxyl groups is 1. The van der Waals surface area contributed by atoms with Crippen LogP contribution >= 0.6 is 0 Å². The number of hydrogen-bond donors (Lipinski definition) is 1. The Hall–Kier alpha value is -2.40. The van der Waals surface area contributed by atoms with E-state index in [1.807, 2.05) is 12.1 Å². The van der Waals surface area contributed by atoms with Gasteiger partial charge in [-0.05, 0) is 42.8 Å². The summed E-state index contributed by atoms with van der Waals surface area (Å²) < 4.78 is 22.9. The molecule has 132 valence electrons. The fraction of sp³-hybridized carbons (Fsp3) is 0.350. The molecule has 3 aromatic rings. The molecule has 0 aliphatic rings. The van der Waals surface area contributed by atoms with Crippen LogP contribution in [0, 0.1) is 5.82 Å². The summed E-state index contributed by atoms with van der Waals surface area (Å²) in [5.41, 5.74) is 2.26. The summed E-state index contributed by atoms with van der Waals surface area (Å²) in [7, 11) is 2.06. The molecule has 5 heteroatoms. The molecule has 0 bridgehead atoms. The van der Waals surface area contributed by atoms with Gasteiger partial charge in [-0.1, -0.05) is 19.1 Å². The highest BCUT2D eigenvalue weighted by atomic mass is 19.1. The molecule has 2 aromatic carbocycles. The van der Waals surface area contributed by atoms with Gasteiger partial charge < -0.3 is 9.84 Å². The number of aryl methyl sites for hydroxylation is 1. The van der Waals surface area contributed by atoms with Crippen molar-refractivity contribution < 1.29 is 18.8 Å². The van der Waals surface area contributed by atoms with Gasteiger partial charge >= 0.3 is 0 Å². The number of hydrogen-bond acceptors (Lipinski definition) is 2. The molecule has 4 nitrogen and oxygen atoms in total. The Labute approximate surface area is 147 Å². The topological polar surface area (TPSA) is 38.3 Å². The van der Waals surface area contributed by atoms with E-state index in [9.17, 15) is 9.50 Å². The molecule has 0 saturated carbocycles. The highest BCUT2D eigenvalue weighted by Crippen LogP contribution is 2.17. The summed E-state index contributed by atoms with van der Waals surface area (Å²) in [6.45, 7) is 2.77. The Balaban J connectivity index is 1.77. The van der Waals surface area contributed by atoms with Gasteiger partial charge in [-0.25, -0.2) is 13.5 Å². The van der Waals surface area contributed by atoms with Gasteiger partial charge in [-0.2, -0.15) is 0 Å². The molecular formula is C20H24FN2O2+. The van der Waals surface area contributed by atoms with E-state index in [1.54, 1.807) is 12.1 Å². The van der Waals surface area contributed by atoms with Crippen LogP contribution in [0.2, 0.25) is 0 Å². The maximum atomic E-state index is 12.9. The van der Waals surface area contributed by atoms with E-state index in [-0.39, 0.29) is 12.4 Å². The Morgan fingerprint density at radius 2 is 1.88 bits per heavy atom. The molecule has 0 radical (unpaired) electrons. The monoisotopic (exact) mass is 343 g/mol. The summed E-state index contributed by atoms with van der Waals surface area (Å²) in [4.78, 5) is 0. The van der Waals surface area contributed by atoms with Gasteiger partial charge in [-0.3, -0.25) is 0 Å². The first kappa shape index (κ1) is 17.4. The average Bonchev–Trinajstić information content (AvgIpc) is 2.88. The molecule has 1 aromatic heterocycles. The number of imidazole rings is 1. The minimum Gasteiger partial charge on any atom is -0.491 e. The highest BCUT2D eigenvalue weighted by Gasteiger charge is 2.23. The van der Waals surface area contributed by atoms with E-state index in [1.165, 1.54) is 18.0 Å². The van der Waals surface area contributed by atoms with E-state index < -0.39 is 6.10 Å². The first-order valence-corrected chi connectivity index (χ1v) is 8.62. The SMILES string of the molecule is CCCc1n(CC(O)COc2ccc(F)cc2)c2ccccc2[n+]1C. The molecular weight excluding hydrogens is 319 g/mol. The fourth-order valence-electron chi connectivity index (χ4n) is 3.15. The number of aromatic nitrogens is 2. The molecule has 0 aliphatic heterocycles. The maximum Gasteiger partial charge on any atom is 0.257 e. The van der Waals surface area contributed by atoms with E-state index in [0.717, 1.165) is 23.9 Å². The molecule has 0 saturated heterocycles. The van der Waals surface area contributed by atoms with Gasteiger partial charge in [0.05, 0.1) is 7.05 Å². The summed E-state index contributed by atoms with van der Waals surface area (Å²) in [6, 6.07) is 14.0. The summed E-state index contributed by atoms with van der Waals surface area (Å²) in [6.07, 6.45) is 1.32. The Morgan fingerprint density at radius 3 is 2.60 bits per heavy atom. The minimum absolute atomic E-state index is 0.160. The van der Waals surface area contributed by atoms with Crippen molar-refractivity contribution in [2.24, 2.45) is 7.05 Å². The van der Waals surface area contributed by atoms with Crippen LogP contribution in [-0.2, 0) is 20.0 Å². The summed E-state index contributed by atoms with van der Waals surface area (Å²) in [5.74, 6) is 1.44. The second-order valence-electron chi connectivity index (χ2n) is 6.24. The minimum atomic E-state index is -0.656. The van der Waals surface area contributed by atoms with E-state index >= 15 is 0 Å². The number of rotatable bonds is 7. The first-order valence-electron chi connectivity index (χ1n) is 8.62. The predicted molar refractivity (Wildman–Crippen MR) is 95.0 cm³/mol. The zero-order chi connectivity index (χ0) is 17.8. The Kier molecular flexibility index (Phi) is 5.34. The van der Waals surface area contributed by atoms with Crippen molar-refractivity contribution in [3.05, 3.63) is 60.2 Å². The largest absolute Gasteiger partial charge is 0.491 e. The van der Waals surface area contributed by atoms with Crippen LogP contribution in [0.5, 0.6) is 5.75 Å². The number of ether oxygens (including phenoxy) is 1. The molecule has 0 aliphatic carbocycles. The van der Waals surface area contributed by atoms with Gasteiger partial charge in [0, 0.05) is 6.42 Å². The lowest BCUT2D eigenvalue weighted by molar-refractivity contribution is -0.654. The van der Waals surface area contributed by atoms with Gasteiger partial charge in [-0.15, -0.1) is 0 Å². The van der Waals surface area contributed by atoms with Gasteiger partial charge in [0.2, 0.25) is 0 Å². The lowest BCUT2D eigenvalue weighted by atomic mass is 10.3. The molecule has 0 spiro atoms. The van der Waals surface area contributed by atoms with Gasteiger partial charge in [0.1, 0.15) is 30.8 Å². The van der Waals surface area contributed by atoms with Crippen molar-refractivity contribution in [2.75, 3.05) is 6.61 Å². The second kappa shape index (κ2) is 7.66. The standard InChI is InChI=1S/C20H24FN2O2/c1-3-6-20-22(2)18-7-4-5-8-19(18)23(20)13-16(24)14-25-17-11-9-15(21)10-12-17/h4-5,7-12,16,24H,3,6,13-14H2,1-2H3/q+1. The van der Waals surface area contributed by atoms with Crippen molar-refractivity contribution in [3.63, 3.8) is 0 Å². The number of para-hydroxylation sites is 2. The normalized spacial score (nSPS) is 12.5. The lowest BCUT2D eigenvalue weighted by Gasteiger charge is -2.12. The van der Waals surface area contributed by atoms with E-state index in [4.69, 9.17) is 4.74 Å². The highest BCUT2D eigenvalue weighted by molar-refractivity contribution is 5.72. The molecule has 0 amide bonds. The summed E-state index contributed by atoms with van der Waals surface area (Å²) in [5, 5.41) is 10.5. The molecule has 1 heterocycles. The molecule has 1 N–H and O–H groups in total. The number of fused-ring (bicyclic) bond motifs is 1. The van der Waals surface area contributed by atoms with E-state index in [2.05, 4.69) is 35.2 Å². The third-order valence-electron chi connectivity index (χ3n) is 4.36. The summed E-state index contributed by atoms with van der Waals surface area (Å²) >= 11 is 0. The zero-order valence-electron chi connectivity index (χ0n) is 14.7. The van der Waals surface area contributed by atoms with E-state index in [0.29, 0.717) is 12.3 Å². The zero-order valence-corrected chi connectivity index (χ0v) is 14.7. The predicted octanol–water partition coefficient (Wildman–Crippen LogP) is 3.00. The van der Waals surface area contributed by atoms with Crippen molar-refractivity contribution in [2.45, 2.75) is 32.4 Å². The number of aliphatic hydroxyl groups excluding tert-OH is 1. The van der Waals surface area contributed by atoms with Gasteiger partial charge in [0.15, 0.2) is 11.0 Å². The molecule has 25 heavy (non-hydrogen) atoms. The Bertz CT molecular complexity index is 843. The van der Waals surface area contributed by atoms with Crippen molar-refractivity contribution >= 4 is 11.0 Å². The van der Waals surface area contributed by atoms with Crippen molar-refractivity contribution in [3.8, 4) is 5.75 Å². The lowest BCUT2D eigenvalue weighted by Crippen LogP contribution is -2.34. The number of nitrogens with zero attached hydrogens (tertiary/aromatic N) is 2. The van der Waals surface area contributed by atoms with Crippen molar-refractivity contribution in [1.29, 1.82) is 0 Å². The quantitative estimate of drug-likeness (QED) is 0.670. The smallest absolute Gasteiger partial charge is 0.257 e. The average molecular weight is 343 g/mol. The third-order valence-corrected chi connectivity index (χ3v) is 4.36. The van der Waals surface area contributed by atoms with Crippen LogP contribution in [0.15, 0.2) is 48.5 Å². The molecule has 0 fully saturated rings.